The predicted molar refractivity (Wildman–Crippen MR) is 120 cm³/mol. The van der Waals surface area contributed by atoms with Crippen molar-refractivity contribution >= 4 is 11.6 Å². The van der Waals surface area contributed by atoms with Crippen LogP contribution in [0.4, 0.5) is 5.69 Å². The number of para-hydroxylation sites is 1. The van der Waals surface area contributed by atoms with Gasteiger partial charge in [-0.1, -0.05) is 57.0 Å². The Kier molecular flexibility index (Phi) is 7.70. The van der Waals surface area contributed by atoms with Crippen molar-refractivity contribution in [2.75, 3.05) is 25.5 Å². The van der Waals surface area contributed by atoms with Gasteiger partial charge in [-0.3, -0.25) is 9.69 Å². The maximum atomic E-state index is 13.0. The summed E-state index contributed by atoms with van der Waals surface area (Å²) >= 11 is 0. The molecule has 3 rings (SSSR count). The van der Waals surface area contributed by atoms with Crippen LogP contribution < -0.4 is 10.1 Å². The fourth-order valence-electron chi connectivity index (χ4n) is 4.33. The number of rotatable bonds is 7. The molecular weight excluding hydrogens is 360 g/mol. The second kappa shape index (κ2) is 10.4. The van der Waals surface area contributed by atoms with Crippen LogP contribution in [0.25, 0.3) is 0 Å². The molecule has 4 heteroatoms. The van der Waals surface area contributed by atoms with E-state index in [4.69, 9.17) is 4.74 Å². The van der Waals surface area contributed by atoms with E-state index in [1.807, 2.05) is 12.1 Å². The molecule has 1 aliphatic rings. The van der Waals surface area contributed by atoms with Crippen LogP contribution in [-0.2, 0) is 17.6 Å². The second-order valence-electron chi connectivity index (χ2n) is 7.82. The van der Waals surface area contributed by atoms with Crippen LogP contribution in [0.2, 0.25) is 0 Å². The summed E-state index contributed by atoms with van der Waals surface area (Å²) in [5.41, 5.74) is 4.70. The van der Waals surface area contributed by atoms with Gasteiger partial charge in [0.15, 0.2) is 0 Å². The molecule has 0 saturated carbocycles. The van der Waals surface area contributed by atoms with E-state index in [1.165, 1.54) is 29.5 Å². The van der Waals surface area contributed by atoms with Crippen LogP contribution >= 0.6 is 0 Å². The Morgan fingerprint density at radius 1 is 1.03 bits per heavy atom. The molecule has 1 saturated heterocycles. The molecule has 1 amide bonds. The molecule has 1 unspecified atom stereocenters. The first-order valence-corrected chi connectivity index (χ1v) is 10.9. The minimum atomic E-state index is 0.0843. The van der Waals surface area contributed by atoms with Gasteiger partial charge in [-0.2, -0.15) is 0 Å². The number of carbonyl (C=O) groups is 1. The van der Waals surface area contributed by atoms with E-state index in [9.17, 15) is 4.79 Å². The van der Waals surface area contributed by atoms with E-state index in [-0.39, 0.29) is 11.9 Å². The van der Waals surface area contributed by atoms with Crippen LogP contribution in [0.15, 0.2) is 42.5 Å². The lowest BCUT2D eigenvalue weighted by molar-refractivity contribution is -0.117. The van der Waals surface area contributed by atoms with Crippen molar-refractivity contribution in [1.29, 1.82) is 0 Å². The Labute approximate surface area is 175 Å². The van der Waals surface area contributed by atoms with Crippen LogP contribution in [-0.4, -0.2) is 31.0 Å². The molecule has 0 aliphatic carbocycles. The smallest absolute Gasteiger partial charge is 0.238 e. The molecule has 4 nitrogen and oxygen atoms in total. The predicted octanol–water partition coefficient (Wildman–Crippen LogP) is 5.38. The third-order valence-corrected chi connectivity index (χ3v) is 5.97. The van der Waals surface area contributed by atoms with Crippen LogP contribution in [0.1, 0.15) is 62.3 Å². The first kappa shape index (κ1) is 21.4. The topological polar surface area (TPSA) is 41.6 Å². The van der Waals surface area contributed by atoms with Gasteiger partial charge in [-0.25, -0.2) is 0 Å². The number of hydrogen-bond donors (Lipinski definition) is 1. The molecule has 0 radical (unpaired) electrons. The molecule has 1 heterocycles. The number of methoxy groups -OCH3 is 1. The minimum Gasteiger partial charge on any atom is -0.497 e. The Balaban J connectivity index is 1.76. The molecule has 1 aliphatic heterocycles. The number of anilines is 1. The number of ether oxygens (including phenoxy) is 1. The number of hydrogen-bond acceptors (Lipinski definition) is 3. The summed E-state index contributed by atoms with van der Waals surface area (Å²) in [6.45, 7) is 5.66. The van der Waals surface area contributed by atoms with Gasteiger partial charge < -0.3 is 10.1 Å². The van der Waals surface area contributed by atoms with Gasteiger partial charge >= 0.3 is 0 Å². The van der Waals surface area contributed by atoms with Crippen molar-refractivity contribution in [2.24, 2.45) is 0 Å². The van der Waals surface area contributed by atoms with Crippen molar-refractivity contribution < 1.29 is 9.53 Å². The summed E-state index contributed by atoms with van der Waals surface area (Å²) in [7, 11) is 1.69. The lowest BCUT2D eigenvalue weighted by Crippen LogP contribution is -2.36. The van der Waals surface area contributed by atoms with Crippen LogP contribution in [0.3, 0.4) is 0 Å². The van der Waals surface area contributed by atoms with Crippen LogP contribution in [0, 0.1) is 0 Å². The number of nitrogens with one attached hydrogen (secondary N) is 1. The highest BCUT2D eigenvalue weighted by Gasteiger charge is 2.25. The molecule has 1 fully saturated rings. The fraction of sp³-hybridized carbons (Fsp3) is 0.480. The maximum Gasteiger partial charge on any atom is 0.238 e. The first-order valence-electron chi connectivity index (χ1n) is 10.9. The average molecular weight is 395 g/mol. The average Bonchev–Trinajstić information content (AvgIpc) is 2.99. The molecule has 1 N–H and O–H groups in total. The highest BCUT2D eigenvalue weighted by Crippen LogP contribution is 2.31. The summed E-state index contributed by atoms with van der Waals surface area (Å²) in [4.78, 5) is 15.4. The number of amides is 1. The Bertz CT molecular complexity index is 779. The lowest BCUT2D eigenvalue weighted by atomic mass is 10.0. The normalized spacial score (nSPS) is 17.6. The number of nitrogens with zero attached hydrogens (tertiary/aromatic N) is 1. The highest BCUT2D eigenvalue weighted by atomic mass is 16.5. The molecule has 0 spiro atoms. The zero-order chi connectivity index (χ0) is 20.6. The van der Waals surface area contributed by atoms with E-state index in [0.717, 1.165) is 43.7 Å². The molecule has 2 aromatic carbocycles. The highest BCUT2D eigenvalue weighted by molar-refractivity contribution is 5.94. The van der Waals surface area contributed by atoms with Crippen molar-refractivity contribution in [2.45, 2.75) is 58.4 Å². The number of benzene rings is 2. The van der Waals surface area contributed by atoms with E-state index in [2.05, 4.69) is 54.4 Å². The van der Waals surface area contributed by atoms with E-state index >= 15 is 0 Å². The van der Waals surface area contributed by atoms with Crippen LogP contribution in [0.5, 0.6) is 5.75 Å². The fourth-order valence-corrected chi connectivity index (χ4v) is 4.33. The Morgan fingerprint density at radius 2 is 1.72 bits per heavy atom. The summed E-state index contributed by atoms with van der Waals surface area (Å²) in [6.07, 6.45) is 6.50. The van der Waals surface area contributed by atoms with E-state index in [0.29, 0.717) is 6.54 Å². The first-order chi connectivity index (χ1) is 14.2. The largest absolute Gasteiger partial charge is 0.497 e. The monoisotopic (exact) mass is 394 g/mol. The second-order valence-corrected chi connectivity index (χ2v) is 7.82. The quantitative estimate of drug-likeness (QED) is 0.686. The molecule has 2 aromatic rings. The summed E-state index contributed by atoms with van der Waals surface area (Å²) in [5.74, 6) is 0.955. The lowest BCUT2D eigenvalue weighted by Gasteiger charge is -2.30. The van der Waals surface area contributed by atoms with Crippen molar-refractivity contribution in [1.82, 2.24) is 4.90 Å². The van der Waals surface area contributed by atoms with Gasteiger partial charge in [-0.05, 0) is 61.1 Å². The van der Waals surface area contributed by atoms with Gasteiger partial charge in [0.25, 0.3) is 0 Å². The SMILES string of the molecule is CCc1cccc(CC)c1NC(=O)CN1CCCCCC1c1ccc(OC)cc1. The third kappa shape index (κ3) is 5.39. The molecule has 29 heavy (non-hydrogen) atoms. The Morgan fingerprint density at radius 3 is 2.34 bits per heavy atom. The Hall–Kier alpha value is -2.33. The molecule has 156 valence electrons. The molecule has 0 aromatic heterocycles. The van der Waals surface area contributed by atoms with Crippen molar-refractivity contribution in [3.63, 3.8) is 0 Å². The number of carbonyl (C=O) groups excluding carboxylic acids is 1. The summed E-state index contributed by atoms with van der Waals surface area (Å²) < 4.78 is 5.30. The van der Waals surface area contributed by atoms with E-state index < -0.39 is 0 Å². The van der Waals surface area contributed by atoms with Gasteiger partial charge in [0, 0.05) is 11.7 Å². The maximum absolute atomic E-state index is 13.0. The molecular formula is C25H34N2O2. The van der Waals surface area contributed by atoms with Crippen molar-refractivity contribution in [3.05, 3.63) is 59.2 Å². The summed E-state index contributed by atoms with van der Waals surface area (Å²) in [5, 5.41) is 3.24. The molecule has 1 atom stereocenters. The van der Waals surface area contributed by atoms with Gasteiger partial charge in [-0.15, -0.1) is 0 Å². The minimum absolute atomic E-state index is 0.0843. The third-order valence-electron chi connectivity index (χ3n) is 5.97. The van der Waals surface area contributed by atoms with Gasteiger partial charge in [0.2, 0.25) is 5.91 Å². The standard InChI is InChI=1S/C25H34N2O2/c1-4-19-10-9-11-20(5-2)25(19)26-24(28)18-27-17-8-6-7-12-23(27)21-13-15-22(29-3)16-14-21/h9-11,13-16,23H,4-8,12,17-18H2,1-3H3,(H,26,28). The number of likely N-dealkylation sites (tertiary alicyclic amines) is 1. The zero-order valence-corrected chi connectivity index (χ0v) is 18.0. The molecule has 0 bridgehead atoms. The zero-order valence-electron chi connectivity index (χ0n) is 18.0. The number of aryl methyl sites for hydroxylation is 2. The summed E-state index contributed by atoms with van der Waals surface area (Å²) in [6, 6.07) is 14.9. The van der Waals surface area contributed by atoms with Gasteiger partial charge in [0.1, 0.15) is 5.75 Å². The van der Waals surface area contributed by atoms with Gasteiger partial charge in [0.05, 0.1) is 13.7 Å². The van der Waals surface area contributed by atoms with E-state index in [1.54, 1.807) is 7.11 Å². The van der Waals surface area contributed by atoms with Crippen molar-refractivity contribution in [3.8, 4) is 5.75 Å².